The molecule has 2 unspecified atom stereocenters. The van der Waals surface area contributed by atoms with Crippen molar-refractivity contribution < 1.29 is 17.8 Å². The third-order valence-corrected chi connectivity index (χ3v) is 11.5. The van der Waals surface area contributed by atoms with Gasteiger partial charge in [-0.15, -0.1) is 0 Å². The molecule has 1 nitrogen and oxygen atoms in total. The first-order valence-corrected chi connectivity index (χ1v) is 20.8. The van der Waals surface area contributed by atoms with Crippen LogP contribution in [-0.2, 0) is 5.41 Å². The van der Waals surface area contributed by atoms with Crippen LogP contribution in [0.25, 0.3) is 49.9 Å². The molecule has 9 rings (SSSR count). The van der Waals surface area contributed by atoms with Gasteiger partial charge in [0.2, 0.25) is 0 Å². The minimum absolute atomic E-state index is 0.0800. The van der Waals surface area contributed by atoms with Crippen molar-refractivity contribution in [1.82, 2.24) is 4.90 Å². The second-order valence-electron chi connectivity index (χ2n) is 15.1. The fourth-order valence-electron chi connectivity index (χ4n) is 8.62. The molecule has 1 aliphatic carbocycles. The summed E-state index contributed by atoms with van der Waals surface area (Å²) in [6.07, 6.45) is 9.07. The molecule has 2 atom stereocenters. The number of nitrogens with zero attached hydrogens (tertiary/aromatic N) is 1. The third kappa shape index (κ3) is 7.85. The molecule has 0 aromatic heterocycles. The van der Waals surface area contributed by atoms with Gasteiger partial charge in [0.05, 0.1) is 20.5 Å². The predicted molar refractivity (Wildman–Crippen MR) is 275 cm³/mol. The van der Waals surface area contributed by atoms with Crippen molar-refractivity contribution in [1.29, 1.82) is 0 Å². The van der Waals surface area contributed by atoms with Crippen molar-refractivity contribution in [2.45, 2.75) is 18.2 Å². The molecule has 64 heavy (non-hydrogen) atoms. The number of fused-ring (bicyclic) bond motifs is 4. The maximum atomic E-state index is 9.85. The smallest absolute Gasteiger partial charge is 0.0714 e. The van der Waals surface area contributed by atoms with E-state index < -0.39 is 89.3 Å². The van der Waals surface area contributed by atoms with Gasteiger partial charge in [0.1, 0.15) is 0 Å². The first-order chi connectivity index (χ1) is 37.2. The van der Waals surface area contributed by atoms with E-state index in [1.165, 1.54) is 0 Å². The van der Waals surface area contributed by atoms with E-state index in [2.05, 4.69) is 79.9 Å². The normalized spacial score (nSPS) is 17.9. The Balaban J connectivity index is 1.21. The lowest BCUT2D eigenvalue weighted by Crippen LogP contribution is -2.29. The van der Waals surface area contributed by atoms with Gasteiger partial charge in [-0.25, -0.2) is 0 Å². The molecule has 8 aromatic carbocycles. The summed E-state index contributed by atoms with van der Waals surface area (Å²) in [5.74, 6) is 0. The van der Waals surface area contributed by atoms with E-state index >= 15 is 0 Å². The molecule has 0 bridgehead atoms. The van der Waals surface area contributed by atoms with Crippen LogP contribution in [0.15, 0.2) is 274 Å². The summed E-state index contributed by atoms with van der Waals surface area (Å²) in [4.78, 5) is 1.58. The molecular formula is C63H51N. The van der Waals surface area contributed by atoms with Gasteiger partial charge >= 0.3 is 0 Å². The number of hydrogen-bond acceptors (Lipinski definition) is 1. The van der Waals surface area contributed by atoms with Crippen molar-refractivity contribution in [3.63, 3.8) is 0 Å². The molecule has 0 spiro atoms. The molecule has 0 heterocycles. The maximum Gasteiger partial charge on any atom is 0.0714 e. The average Bonchev–Trinajstić information content (AvgIpc) is 3.90. The summed E-state index contributed by atoms with van der Waals surface area (Å²) >= 11 is 0. The lowest BCUT2D eigenvalue weighted by Gasteiger charge is -2.35. The topological polar surface area (TPSA) is 3.24 Å². The largest absolute Gasteiger partial charge is 0.322 e. The summed E-state index contributed by atoms with van der Waals surface area (Å²) in [5, 5.41) is 4.26. The summed E-state index contributed by atoms with van der Waals surface area (Å²) in [6, 6.07) is 40.1. The monoisotopic (exact) mass is 834 g/mol. The van der Waals surface area contributed by atoms with Gasteiger partial charge in [0.15, 0.2) is 0 Å². The van der Waals surface area contributed by atoms with Crippen molar-refractivity contribution in [2.24, 2.45) is 0 Å². The summed E-state index contributed by atoms with van der Waals surface area (Å²) in [6.45, 7) is 10.1. The molecule has 0 radical (unpaired) electrons. The lowest BCUT2D eigenvalue weighted by atomic mass is 9.67. The molecule has 1 aliphatic rings. The minimum Gasteiger partial charge on any atom is -0.322 e. The van der Waals surface area contributed by atoms with Gasteiger partial charge in [-0.1, -0.05) is 232 Å². The molecule has 0 fully saturated rings. The Morgan fingerprint density at radius 3 is 1.97 bits per heavy atom. The van der Waals surface area contributed by atoms with Gasteiger partial charge < -0.3 is 4.90 Å². The van der Waals surface area contributed by atoms with Crippen LogP contribution in [0.5, 0.6) is 0 Å². The third-order valence-electron chi connectivity index (χ3n) is 11.5. The Hall–Kier alpha value is -8.00. The van der Waals surface area contributed by atoms with Crippen LogP contribution in [0.4, 0.5) is 0 Å². The second kappa shape index (κ2) is 18.5. The first-order valence-electron chi connectivity index (χ1n) is 27.6. The molecule has 8 aromatic rings. The Kier molecular flexibility index (Phi) is 8.28. The number of hydrogen-bond donors (Lipinski definition) is 0. The van der Waals surface area contributed by atoms with Gasteiger partial charge in [-0.05, 0) is 120 Å². The second-order valence-corrected chi connectivity index (χ2v) is 15.1. The van der Waals surface area contributed by atoms with Gasteiger partial charge in [0, 0.05) is 20.3 Å². The molecular weight excluding hydrogens is 771 g/mol. The van der Waals surface area contributed by atoms with E-state index in [1.54, 1.807) is 23.3 Å². The maximum absolute atomic E-state index is 9.85. The fraction of sp³-hybridized carbons (Fsp3) is 0.0476. The van der Waals surface area contributed by atoms with Gasteiger partial charge in [-0.3, -0.25) is 0 Å². The van der Waals surface area contributed by atoms with Gasteiger partial charge in [-0.2, -0.15) is 0 Å². The molecule has 0 amide bonds. The molecule has 0 N–H and O–H groups in total. The zero-order valence-electron chi connectivity index (χ0n) is 48.0. The predicted octanol–water partition coefficient (Wildman–Crippen LogP) is 16.6. The molecule has 1 heteroatoms. The van der Waals surface area contributed by atoms with Crippen molar-refractivity contribution >= 4 is 38.8 Å². The lowest BCUT2D eigenvalue weighted by molar-refractivity contribution is 0.564. The van der Waals surface area contributed by atoms with E-state index in [9.17, 15) is 2.74 Å². The number of allylic oxidation sites excluding steroid dienone is 9. The minimum atomic E-state index is -1.82. The highest BCUT2D eigenvalue weighted by atomic mass is 15.1. The molecule has 0 aliphatic heterocycles. The van der Waals surface area contributed by atoms with E-state index in [0.717, 1.165) is 67.1 Å². The highest BCUT2D eigenvalue weighted by molar-refractivity contribution is 6.10. The average molecular weight is 835 g/mol. The standard InChI is InChI=1S/C63H51N/c1-5-55(31-22-26-52-45-51-25-16-17-32-57(51)59-34-19-18-33-58(52)59)64(47(4)38-37-46(3)48-39-41-50(42-40-48)49-23-10-7-11-24-49)44-43-62-56(6-2)60-35-20-21-36-61(60)63(62,53-27-12-8-13-28-53)54-29-14-9-15-30-54/h5-36,39-45H,1-4,37-38H2/b26-22+,44-43+,55-31+/i3D,4D,7D,10D,11D,23D,24D,37D,38D,39D,40D,41D,42D/b26-22+,44-43+,46-3?,47-4?,55-31+. The van der Waals surface area contributed by atoms with E-state index in [-0.39, 0.29) is 11.3 Å². The van der Waals surface area contributed by atoms with E-state index in [1.807, 2.05) is 97.1 Å². The van der Waals surface area contributed by atoms with Crippen LogP contribution in [0.1, 0.15) is 64.0 Å². The van der Waals surface area contributed by atoms with Crippen LogP contribution >= 0.6 is 0 Å². The summed E-state index contributed by atoms with van der Waals surface area (Å²) in [5.41, 5.74) is 3.93. The molecule has 308 valence electrons. The number of benzene rings is 8. The SMILES string of the molecule is [2H]C=C(c1c([2H])c([2H])c(-c2c([2H])c([2H])c([2H])c([2H])c2[2H])c([2H])c1[2H])C([2H])C([2H])C(=C[2H])N(/C=C/C1=C(C=C)c2ccccc2C1(c1ccccc1)c1ccccc1)/C(C=C)=C/C=C/c1cc2ccccc2c2ccccc12. The quantitative estimate of drug-likeness (QED) is 0.0735. The van der Waals surface area contributed by atoms with Crippen LogP contribution in [0, 0.1) is 0 Å². The zero-order valence-corrected chi connectivity index (χ0v) is 35.0. The number of rotatable bonds is 15. The van der Waals surface area contributed by atoms with Gasteiger partial charge in [0.25, 0.3) is 0 Å². The van der Waals surface area contributed by atoms with Crippen molar-refractivity contribution in [3.8, 4) is 11.1 Å². The van der Waals surface area contributed by atoms with Crippen molar-refractivity contribution in [2.75, 3.05) is 0 Å². The summed E-state index contributed by atoms with van der Waals surface area (Å²) in [7, 11) is 0. The van der Waals surface area contributed by atoms with E-state index in [0.29, 0.717) is 12.3 Å². The van der Waals surface area contributed by atoms with Crippen molar-refractivity contribution in [3.05, 3.63) is 307 Å². The fourth-order valence-corrected chi connectivity index (χ4v) is 8.62. The van der Waals surface area contributed by atoms with Crippen LogP contribution in [0.3, 0.4) is 0 Å². The summed E-state index contributed by atoms with van der Waals surface area (Å²) < 4.78 is 115. The Labute approximate surface area is 397 Å². The Morgan fingerprint density at radius 1 is 0.641 bits per heavy atom. The van der Waals surface area contributed by atoms with Crippen LogP contribution in [0.2, 0.25) is 0 Å². The highest BCUT2D eigenvalue weighted by Crippen LogP contribution is 2.55. The molecule has 0 saturated carbocycles. The zero-order chi connectivity index (χ0) is 54.9. The first kappa shape index (κ1) is 28.6. The van der Waals surface area contributed by atoms with Crippen LogP contribution in [-0.4, -0.2) is 4.90 Å². The Bertz CT molecular complexity index is 3760. The molecule has 0 saturated heterocycles. The highest BCUT2D eigenvalue weighted by Gasteiger charge is 2.46. The van der Waals surface area contributed by atoms with Crippen LogP contribution < -0.4 is 0 Å². The Morgan fingerprint density at radius 2 is 1.28 bits per heavy atom. The van der Waals surface area contributed by atoms with E-state index in [4.69, 9.17) is 15.1 Å².